The molecule has 0 fully saturated rings. The third-order valence-electron chi connectivity index (χ3n) is 3.44. The van der Waals surface area contributed by atoms with Gasteiger partial charge in [0, 0.05) is 6.20 Å². The highest BCUT2D eigenvalue weighted by Gasteiger charge is 2.07. The molecule has 2 aromatic rings. The first-order valence-electron chi connectivity index (χ1n) is 8.11. The van der Waals surface area contributed by atoms with Crippen molar-refractivity contribution in [2.75, 3.05) is 0 Å². The second-order valence-corrected chi connectivity index (χ2v) is 6.67. The van der Waals surface area contributed by atoms with Crippen LogP contribution in [0.25, 0.3) is 0 Å². The van der Waals surface area contributed by atoms with Crippen molar-refractivity contribution >= 4 is 11.9 Å². The van der Waals surface area contributed by atoms with Crippen molar-refractivity contribution in [2.45, 2.75) is 40.5 Å². The van der Waals surface area contributed by atoms with Gasteiger partial charge in [-0.2, -0.15) is 0 Å². The number of aliphatic imine (C=N–C) groups is 1. The summed E-state index contributed by atoms with van der Waals surface area (Å²) in [6, 6.07) is 12.5. The van der Waals surface area contributed by atoms with E-state index < -0.39 is 0 Å². The van der Waals surface area contributed by atoms with E-state index in [4.69, 9.17) is 0 Å². The third-order valence-corrected chi connectivity index (χ3v) is 3.44. The van der Waals surface area contributed by atoms with Crippen LogP contribution in [0.5, 0.6) is 0 Å². The normalized spacial score (nSPS) is 11.7. The monoisotopic (exact) mass is 294 g/mol. The van der Waals surface area contributed by atoms with Crippen LogP contribution >= 0.6 is 0 Å². The molecule has 0 aliphatic carbocycles. The van der Waals surface area contributed by atoms with E-state index in [1.807, 2.05) is 24.4 Å². The van der Waals surface area contributed by atoms with Crippen molar-refractivity contribution in [1.29, 1.82) is 0 Å². The van der Waals surface area contributed by atoms with Gasteiger partial charge in [0.05, 0.1) is 17.6 Å². The summed E-state index contributed by atoms with van der Waals surface area (Å²) >= 11 is 0. The van der Waals surface area contributed by atoms with Crippen molar-refractivity contribution in [3.63, 3.8) is 0 Å². The Kier molecular flexibility index (Phi) is 5.88. The number of hydrogen-bond donors (Lipinski definition) is 0. The Morgan fingerprint density at radius 3 is 2.41 bits per heavy atom. The average molecular weight is 294 g/mol. The standard InChI is InChI=1S/C20H26N2/c1-15(2)11-17-8-9-20(18(13-17)12-16(3)4)22-14-19-7-5-6-10-21-19/h5-10,13-16H,11-12H2,1-4H3. The highest BCUT2D eigenvalue weighted by molar-refractivity contribution is 5.79. The minimum atomic E-state index is 0.623. The van der Waals surface area contributed by atoms with Crippen LogP contribution in [0.3, 0.4) is 0 Å². The summed E-state index contributed by atoms with van der Waals surface area (Å²) in [5, 5.41) is 0. The van der Waals surface area contributed by atoms with Crippen LogP contribution in [0.1, 0.15) is 44.5 Å². The Balaban J connectivity index is 2.27. The molecule has 0 saturated heterocycles. The highest BCUT2D eigenvalue weighted by atomic mass is 14.8. The Morgan fingerprint density at radius 2 is 1.77 bits per heavy atom. The van der Waals surface area contributed by atoms with Crippen LogP contribution in [0.15, 0.2) is 47.6 Å². The fourth-order valence-electron chi connectivity index (χ4n) is 2.55. The lowest BCUT2D eigenvalue weighted by molar-refractivity contribution is 0.636. The summed E-state index contributed by atoms with van der Waals surface area (Å²) < 4.78 is 0. The summed E-state index contributed by atoms with van der Waals surface area (Å²) in [4.78, 5) is 8.95. The van der Waals surface area contributed by atoms with E-state index in [9.17, 15) is 0 Å². The largest absolute Gasteiger partial charge is 0.255 e. The van der Waals surface area contributed by atoms with Crippen LogP contribution in [-0.4, -0.2) is 11.2 Å². The SMILES string of the molecule is CC(C)Cc1ccc(N=Cc2ccccn2)c(CC(C)C)c1. The average Bonchev–Trinajstić information content (AvgIpc) is 2.46. The quantitative estimate of drug-likeness (QED) is 0.670. The van der Waals surface area contributed by atoms with Crippen molar-refractivity contribution in [3.05, 3.63) is 59.4 Å². The van der Waals surface area contributed by atoms with Gasteiger partial charge < -0.3 is 0 Å². The van der Waals surface area contributed by atoms with E-state index in [1.165, 1.54) is 11.1 Å². The van der Waals surface area contributed by atoms with Gasteiger partial charge in [0.25, 0.3) is 0 Å². The molecule has 2 heteroatoms. The summed E-state index contributed by atoms with van der Waals surface area (Å²) in [6.07, 6.45) is 5.82. The summed E-state index contributed by atoms with van der Waals surface area (Å²) in [5.74, 6) is 1.30. The predicted molar refractivity (Wildman–Crippen MR) is 95.0 cm³/mol. The van der Waals surface area contributed by atoms with Crippen molar-refractivity contribution in [1.82, 2.24) is 4.98 Å². The summed E-state index contributed by atoms with van der Waals surface area (Å²) in [7, 11) is 0. The lowest BCUT2D eigenvalue weighted by atomic mass is 9.96. The number of benzene rings is 1. The molecule has 0 unspecified atom stereocenters. The zero-order valence-corrected chi connectivity index (χ0v) is 14.1. The van der Waals surface area contributed by atoms with Gasteiger partial charge >= 0.3 is 0 Å². The fraction of sp³-hybridized carbons (Fsp3) is 0.400. The van der Waals surface area contributed by atoms with Crippen LogP contribution < -0.4 is 0 Å². The Bertz CT molecular complexity index is 613. The van der Waals surface area contributed by atoms with Gasteiger partial charge in [-0.25, -0.2) is 0 Å². The molecular weight excluding hydrogens is 268 g/mol. The Labute approximate surface area is 134 Å². The van der Waals surface area contributed by atoms with Gasteiger partial charge in [-0.1, -0.05) is 45.9 Å². The summed E-state index contributed by atoms with van der Waals surface area (Å²) in [6.45, 7) is 9.02. The maximum atomic E-state index is 4.66. The molecule has 2 nitrogen and oxygen atoms in total. The molecule has 0 amide bonds. The van der Waals surface area contributed by atoms with Crippen LogP contribution in [0, 0.1) is 11.8 Å². The van der Waals surface area contributed by atoms with E-state index in [2.05, 4.69) is 55.9 Å². The van der Waals surface area contributed by atoms with Crippen LogP contribution in [0.2, 0.25) is 0 Å². The maximum absolute atomic E-state index is 4.66. The molecule has 1 heterocycles. The Hall–Kier alpha value is -1.96. The molecule has 0 spiro atoms. The Morgan fingerprint density at radius 1 is 1.00 bits per heavy atom. The molecule has 0 aliphatic heterocycles. The van der Waals surface area contributed by atoms with Gasteiger partial charge in [0.2, 0.25) is 0 Å². The zero-order valence-electron chi connectivity index (χ0n) is 14.1. The molecule has 0 atom stereocenters. The van der Waals surface area contributed by atoms with Crippen molar-refractivity contribution < 1.29 is 0 Å². The van der Waals surface area contributed by atoms with Gasteiger partial charge in [-0.15, -0.1) is 0 Å². The summed E-state index contributed by atoms with van der Waals surface area (Å²) in [5.41, 5.74) is 4.69. The molecule has 0 aliphatic rings. The van der Waals surface area contributed by atoms with Gasteiger partial charge in [0.1, 0.15) is 0 Å². The van der Waals surface area contributed by atoms with Crippen LogP contribution in [0.4, 0.5) is 5.69 Å². The lowest BCUT2D eigenvalue weighted by Gasteiger charge is -2.12. The number of hydrogen-bond acceptors (Lipinski definition) is 2. The molecule has 2 rings (SSSR count). The maximum Gasteiger partial charge on any atom is 0.0812 e. The van der Waals surface area contributed by atoms with Crippen LogP contribution in [-0.2, 0) is 12.8 Å². The number of rotatable bonds is 6. The predicted octanol–water partition coefficient (Wildman–Crippen LogP) is 5.23. The molecule has 0 N–H and O–H groups in total. The zero-order chi connectivity index (χ0) is 15.9. The lowest BCUT2D eigenvalue weighted by Crippen LogP contribution is -1.99. The van der Waals surface area contributed by atoms with Crippen molar-refractivity contribution in [3.8, 4) is 0 Å². The molecule has 22 heavy (non-hydrogen) atoms. The molecule has 1 aromatic carbocycles. The molecule has 0 radical (unpaired) electrons. The van der Waals surface area contributed by atoms with Gasteiger partial charge in [-0.05, 0) is 54.0 Å². The second-order valence-electron chi connectivity index (χ2n) is 6.67. The smallest absolute Gasteiger partial charge is 0.0812 e. The van der Waals surface area contributed by atoms with E-state index in [0.29, 0.717) is 11.8 Å². The van der Waals surface area contributed by atoms with E-state index >= 15 is 0 Å². The number of nitrogens with zero attached hydrogens (tertiary/aromatic N) is 2. The minimum Gasteiger partial charge on any atom is -0.255 e. The first-order valence-corrected chi connectivity index (χ1v) is 8.11. The second kappa shape index (κ2) is 7.88. The molecular formula is C20H26N2. The highest BCUT2D eigenvalue weighted by Crippen LogP contribution is 2.25. The molecule has 116 valence electrons. The third kappa shape index (κ3) is 5.10. The molecule has 0 saturated carbocycles. The van der Waals surface area contributed by atoms with E-state index in [0.717, 1.165) is 24.2 Å². The van der Waals surface area contributed by atoms with Crippen molar-refractivity contribution in [2.24, 2.45) is 16.8 Å². The molecule has 0 bridgehead atoms. The van der Waals surface area contributed by atoms with E-state index in [1.54, 1.807) is 6.20 Å². The topological polar surface area (TPSA) is 25.2 Å². The number of pyridine rings is 1. The van der Waals surface area contributed by atoms with E-state index in [-0.39, 0.29) is 0 Å². The first kappa shape index (κ1) is 16.4. The molecule has 1 aromatic heterocycles. The number of aromatic nitrogens is 1. The van der Waals surface area contributed by atoms with Gasteiger partial charge in [0.15, 0.2) is 0 Å². The van der Waals surface area contributed by atoms with Gasteiger partial charge in [-0.3, -0.25) is 9.98 Å². The fourth-order valence-corrected chi connectivity index (χ4v) is 2.55. The first-order chi connectivity index (χ1) is 10.5. The minimum absolute atomic E-state index is 0.623.